The number of para-hydroxylation sites is 1. The molecule has 0 spiro atoms. The van der Waals surface area contributed by atoms with Gasteiger partial charge in [0.15, 0.2) is 9.84 Å². The van der Waals surface area contributed by atoms with Gasteiger partial charge in [-0.25, -0.2) is 8.42 Å². The molecule has 0 fully saturated rings. The van der Waals surface area contributed by atoms with Crippen LogP contribution >= 0.6 is 0 Å². The van der Waals surface area contributed by atoms with Crippen LogP contribution in [-0.2, 0) is 14.6 Å². The summed E-state index contributed by atoms with van der Waals surface area (Å²) in [6.07, 6.45) is 0.0648. The van der Waals surface area contributed by atoms with Gasteiger partial charge in [0.05, 0.1) is 16.7 Å². The molecule has 0 bridgehead atoms. The SMILES string of the molecule is Cc1ccccc1S(=O)(=O)CCC(N)C(=O)Nc1ccccc1. The summed E-state index contributed by atoms with van der Waals surface area (Å²) < 4.78 is 24.7. The van der Waals surface area contributed by atoms with Crippen LogP contribution in [0.3, 0.4) is 0 Å². The van der Waals surface area contributed by atoms with Gasteiger partial charge in [-0.1, -0.05) is 36.4 Å². The Kier molecular flexibility index (Phi) is 5.52. The number of aryl methyl sites for hydroxylation is 1. The average Bonchev–Trinajstić information content (AvgIpc) is 2.54. The van der Waals surface area contributed by atoms with E-state index < -0.39 is 21.8 Å². The number of benzene rings is 2. The Balaban J connectivity index is 1.97. The molecular weight excluding hydrogens is 312 g/mol. The van der Waals surface area contributed by atoms with E-state index in [-0.39, 0.29) is 17.1 Å². The van der Waals surface area contributed by atoms with Crippen LogP contribution in [0.15, 0.2) is 59.5 Å². The molecule has 0 aliphatic carbocycles. The molecule has 0 radical (unpaired) electrons. The largest absolute Gasteiger partial charge is 0.325 e. The summed E-state index contributed by atoms with van der Waals surface area (Å²) in [5.74, 6) is -0.558. The van der Waals surface area contributed by atoms with Crippen molar-refractivity contribution >= 4 is 21.4 Å². The van der Waals surface area contributed by atoms with Crippen LogP contribution in [0.25, 0.3) is 0 Å². The maximum Gasteiger partial charge on any atom is 0.241 e. The number of rotatable bonds is 6. The van der Waals surface area contributed by atoms with E-state index in [1.54, 1.807) is 55.5 Å². The van der Waals surface area contributed by atoms with Crippen LogP contribution in [-0.4, -0.2) is 26.1 Å². The van der Waals surface area contributed by atoms with E-state index in [0.29, 0.717) is 11.3 Å². The Morgan fingerprint density at radius 3 is 2.35 bits per heavy atom. The summed E-state index contributed by atoms with van der Waals surface area (Å²) in [6, 6.07) is 14.8. The average molecular weight is 332 g/mol. The first-order chi connectivity index (χ1) is 10.9. The number of nitrogens with two attached hydrogens (primary N) is 1. The number of nitrogens with one attached hydrogen (secondary N) is 1. The van der Waals surface area contributed by atoms with Crippen LogP contribution in [0.4, 0.5) is 5.69 Å². The summed E-state index contributed by atoms with van der Waals surface area (Å²) in [4.78, 5) is 12.3. The van der Waals surface area contributed by atoms with Crippen molar-refractivity contribution in [2.75, 3.05) is 11.1 Å². The third-order valence-electron chi connectivity index (χ3n) is 3.50. The Bertz CT molecular complexity index is 773. The second-order valence-corrected chi connectivity index (χ2v) is 7.41. The number of hydrogen-bond donors (Lipinski definition) is 2. The Hall–Kier alpha value is -2.18. The minimum absolute atomic E-state index is 0.0648. The number of sulfone groups is 1. The van der Waals surface area contributed by atoms with Crippen molar-refractivity contribution in [3.05, 3.63) is 60.2 Å². The monoisotopic (exact) mass is 332 g/mol. The van der Waals surface area contributed by atoms with Crippen molar-refractivity contribution in [3.63, 3.8) is 0 Å². The third-order valence-corrected chi connectivity index (χ3v) is 5.41. The predicted octanol–water partition coefficient (Wildman–Crippen LogP) is 2.12. The van der Waals surface area contributed by atoms with Gasteiger partial charge in [0, 0.05) is 5.69 Å². The maximum absolute atomic E-state index is 12.4. The second kappa shape index (κ2) is 7.39. The molecule has 0 heterocycles. The first-order valence-corrected chi connectivity index (χ1v) is 8.95. The van der Waals surface area contributed by atoms with Gasteiger partial charge in [0.1, 0.15) is 0 Å². The molecule has 2 rings (SSSR count). The fourth-order valence-corrected chi connectivity index (χ4v) is 3.81. The smallest absolute Gasteiger partial charge is 0.241 e. The molecule has 5 nitrogen and oxygen atoms in total. The Labute approximate surface area is 136 Å². The molecule has 1 unspecified atom stereocenters. The van der Waals surface area contributed by atoms with E-state index in [9.17, 15) is 13.2 Å². The van der Waals surface area contributed by atoms with E-state index in [1.807, 2.05) is 6.07 Å². The van der Waals surface area contributed by atoms with E-state index in [4.69, 9.17) is 5.73 Å². The molecule has 0 saturated heterocycles. The fourth-order valence-electron chi connectivity index (χ4n) is 2.18. The lowest BCUT2D eigenvalue weighted by Gasteiger charge is -2.13. The first kappa shape index (κ1) is 17.2. The third kappa shape index (κ3) is 4.64. The zero-order chi connectivity index (χ0) is 16.9. The molecule has 0 aliphatic heterocycles. The van der Waals surface area contributed by atoms with Crippen molar-refractivity contribution < 1.29 is 13.2 Å². The molecule has 0 aromatic heterocycles. The van der Waals surface area contributed by atoms with Crippen molar-refractivity contribution in [2.45, 2.75) is 24.3 Å². The predicted molar refractivity (Wildman–Crippen MR) is 90.9 cm³/mol. The van der Waals surface area contributed by atoms with Gasteiger partial charge in [-0.3, -0.25) is 4.79 Å². The van der Waals surface area contributed by atoms with Crippen LogP contribution in [0, 0.1) is 6.92 Å². The van der Waals surface area contributed by atoms with Crippen LogP contribution in [0.2, 0.25) is 0 Å². The molecule has 6 heteroatoms. The minimum atomic E-state index is -3.45. The number of anilines is 1. The topological polar surface area (TPSA) is 89.3 Å². The Morgan fingerprint density at radius 2 is 1.70 bits per heavy atom. The number of hydrogen-bond acceptors (Lipinski definition) is 4. The minimum Gasteiger partial charge on any atom is -0.325 e. The van der Waals surface area contributed by atoms with Crippen molar-refractivity contribution in [2.24, 2.45) is 5.73 Å². The van der Waals surface area contributed by atoms with Crippen molar-refractivity contribution in [3.8, 4) is 0 Å². The quantitative estimate of drug-likeness (QED) is 0.848. The van der Waals surface area contributed by atoms with E-state index >= 15 is 0 Å². The molecular formula is C17H20N2O3S. The van der Waals surface area contributed by atoms with Gasteiger partial charge in [0.25, 0.3) is 0 Å². The van der Waals surface area contributed by atoms with Crippen molar-refractivity contribution in [1.82, 2.24) is 0 Å². The fraction of sp³-hybridized carbons (Fsp3) is 0.235. The van der Waals surface area contributed by atoms with Crippen molar-refractivity contribution in [1.29, 1.82) is 0 Å². The summed E-state index contributed by atoms with van der Waals surface area (Å²) in [5, 5.41) is 2.67. The lowest BCUT2D eigenvalue weighted by atomic mass is 10.2. The number of carbonyl (C=O) groups is 1. The molecule has 2 aromatic carbocycles. The van der Waals surface area contributed by atoms with Gasteiger partial charge < -0.3 is 11.1 Å². The first-order valence-electron chi connectivity index (χ1n) is 7.30. The van der Waals surface area contributed by atoms with E-state index in [2.05, 4.69) is 5.32 Å². The molecule has 122 valence electrons. The molecule has 1 atom stereocenters. The van der Waals surface area contributed by atoms with E-state index in [1.165, 1.54) is 0 Å². The molecule has 0 aliphatic rings. The highest BCUT2D eigenvalue weighted by Gasteiger charge is 2.21. The zero-order valence-electron chi connectivity index (χ0n) is 12.9. The van der Waals surface area contributed by atoms with Crippen LogP contribution < -0.4 is 11.1 Å². The Morgan fingerprint density at radius 1 is 1.09 bits per heavy atom. The molecule has 0 saturated carbocycles. The summed E-state index contributed by atoms with van der Waals surface area (Å²) in [6.45, 7) is 1.74. The van der Waals surface area contributed by atoms with Crippen LogP contribution in [0.1, 0.15) is 12.0 Å². The summed E-state index contributed by atoms with van der Waals surface area (Å²) in [7, 11) is -3.45. The van der Waals surface area contributed by atoms with Gasteiger partial charge in [-0.2, -0.15) is 0 Å². The maximum atomic E-state index is 12.4. The highest BCUT2D eigenvalue weighted by Crippen LogP contribution is 2.17. The number of amides is 1. The summed E-state index contributed by atoms with van der Waals surface area (Å²) >= 11 is 0. The van der Waals surface area contributed by atoms with Gasteiger partial charge in [0.2, 0.25) is 5.91 Å². The molecule has 23 heavy (non-hydrogen) atoms. The lowest BCUT2D eigenvalue weighted by molar-refractivity contribution is -0.117. The summed E-state index contributed by atoms with van der Waals surface area (Å²) in [5.41, 5.74) is 7.14. The van der Waals surface area contributed by atoms with E-state index in [0.717, 1.165) is 0 Å². The highest BCUT2D eigenvalue weighted by atomic mass is 32.2. The van der Waals surface area contributed by atoms with Crippen LogP contribution in [0.5, 0.6) is 0 Å². The van der Waals surface area contributed by atoms with Gasteiger partial charge in [-0.15, -0.1) is 0 Å². The molecule has 3 N–H and O–H groups in total. The zero-order valence-corrected chi connectivity index (χ0v) is 13.7. The standard InChI is InChI=1S/C17H20N2O3S/c1-13-7-5-6-10-16(13)23(21,22)12-11-15(18)17(20)19-14-8-3-2-4-9-14/h2-10,15H,11-12,18H2,1H3,(H,19,20). The molecule has 1 amide bonds. The van der Waals surface area contributed by atoms with Gasteiger partial charge >= 0.3 is 0 Å². The normalized spacial score (nSPS) is 12.6. The highest BCUT2D eigenvalue weighted by molar-refractivity contribution is 7.91. The molecule has 2 aromatic rings. The number of carbonyl (C=O) groups excluding carboxylic acids is 1. The lowest BCUT2D eigenvalue weighted by Crippen LogP contribution is -2.37. The second-order valence-electron chi connectivity index (χ2n) is 5.33. The van der Waals surface area contributed by atoms with Gasteiger partial charge in [-0.05, 0) is 37.1 Å².